The first kappa shape index (κ1) is 34.0. The fourth-order valence-corrected chi connectivity index (χ4v) is 7.81. The summed E-state index contributed by atoms with van der Waals surface area (Å²) < 4.78 is 11.2. The first-order chi connectivity index (χ1) is 22.6. The van der Waals surface area contributed by atoms with Crippen LogP contribution in [0.4, 0.5) is 0 Å². The van der Waals surface area contributed by atoms with E-state index >= 15 is 0 Å². The minimum Gasteiger partial charge on any atom is -0.496 e. The van der Waals surface area contributed by atoms with Crippen LogP contribution in [-0.4, -0.2) is 75.2 Å². The number of nitrogens with two attached hydrogens (primary N) is 1. The van der Waals surface area contributed by atoms with E-state index in [4.69, 9.17) is 15.2 Å². The number of benzene rings is 3. The number of hydrogen-bond acceptors (Lipinski definition) is 6. The third-order valence-corrected chi connectivity index (χ3v) is 10.3. The number of amides is 1. The highest BCUT2D eigenvalue weighted by atomic mass is 16.5. The third kappa shape index (κ3) is 8.11. The van der Waals surface area contributed by atoms with E-state index in [0.29, 0.717) is 6.04 Å². The van der Waals surface area contributed by atoms with Gasteiger partial charge >= 0.3 is 0 Å². The molecule has 0 spiro atoms. The lowest BCUT2D eigenvalue weighted by Gasteiger charge is -2.37. The van der Waals surface area contributed by atoms with Gasteiger partial charge in [0.05, 0.1) is 19.8 Å². The maximum absolute atomic E-state index is 13.3. The van der Waals surface area contributed by atoms with Crippen LogP contribution >= 0.6 is 0 Å². The van der Waals surface area contributed by atoms with Gasteiger partial charge < -0.3 is 25.4 Å². The molecule has 1 atom stereocenters. The number of nitrogens with one attached hydrogen (secondary N) is 1. The molecule has 2 aliphatic rings. The summed E-state index contributed by atoms with van der Waals surface area (Å²) in [6.45, 7) is 7.17. The van der Waals surface area contributed by atoms with Crippen molar-refractivity contribution in [3.05, 3.63) is 95.6 Å². The van der Waals surface area contributed by atoms with Crippen molar-refractivity contribution in [2.24, 2.45) is 11.7 Å². The lowest BCUT2D eigenvalue weighted by Crippen LogP contribution is -2.49. The van der Waals surface area contributed by atoms with Gasteiger partial charge in [-0.1, -0.05) is 86.0 Å². The van der Waals surface area contributed by atoms with Gasteiger partial charge in [-0.3, -0.25) is 9.69 Å². The average molecular weight is 627 g/mol. The minimum absolute atomic E-state index is 0.164. The number of hydrogen-bond donors (Lipinski definition) is 2. The van der Waals surface area contributed by atoms with Gasteiger partial charge in [-0.05, 0) is 94.0 Å². The number of carbonyl (C=O) groups is 1. The number of primary amides is 1. The molecule has 46 heavy (non-hydrogen) atoms. The Morgan fingerprint density at radius 1 is 0.761 bits per heavy atom. The smallest absolute Gasteiger partial charge is 0.232 e. The quantitative estimate of drug-likeness (QED) is 0.179. The molecule has 3 aromatic rings. The summed E-state index contributed by atoms with van der Waals surface area (Å²) >= 11 is 0. The molecule has 7 nitrogen and oxygen atoms in total. The molecule has 2 fully saturated rings. The minimum atomic E-state index is -0.802. The van der Waals surface area contributed by atoms with Gasteiger partial charge in [0.2, 0.25) is 5.91 Å². The topological polar surface area (TPSA) is 80.1 Å². The highest BCUT2D eigenvalue weighted by molar-refractivity contribution is 5.91. The molecule has 248 valence electrons. The SMILES string of the molecule is COc1cccc(OC)c1CN1CCC(NCCCCCCCN2CC[C@@H](C(C(N)=O)(c3ccccc3)c3ccccc3)C2)CC1. The van der Waals surface area contributed by atoms with Gasteiger partial charge in [0.25, 0.3) is 0 Å². The highest BCUT2D eigenvalue weighted by Gasteiger charge is 2.49. The molecular formula is C39H54N4O3. The fraction of sp³-hybridized carbons (Fsp3) is 0.513. The molecule has 5 rings (SSSR count). The van der Waals surface area contributed by atoms with E-state index < -0.39 is 5.41 Å². The molecule has 2 saturated heterocycles. The van der Waals surface area contributed by atoms with Gasteiger partial charge in [-0.15, -0.1) is 0 Å². The van der Waals surface area contributed by atoms with Crippen LogP contribution in [0.25, 0.3) is 0 Å². The van der Waals surface area contributed by atoms with Crippen molar-refractivity contribution in [1.29, 1.82) is 0 Å². The zero-order valence-corrected chi connectivity index (χ0v) is 28.0. The maximum Gasteiger partial charge on any atom is 0.232 e. The van der Waals surface area contributed by atoms with Crippen LogP contribution in [0.1, 0.15) is 68.1 Å². The van der Waals surface area contributed by atoms with Crippen molar-refractivity contribution in [3.63, 3.8) is 0 Å². The molecule has 2 heterocycles. The normalized spacial score (nSPS) is 18.1. The van der Waals surface area contributed by atoms with Crippen molar-refractivity contribution in [2.45, 2.75) is 69.4 Å². The highest BCUT2D eigenvalue weighted by Crippen LogP contribution is 2.43. The van der Waals surface area contributed by atoms with Crippen LogP contribution in [0.3, 0.4) is 0 Å². The van der Waals surface area contributed by atoms with Crippen molar-refractivity contribution in [1.82, 2.24) is 15.1 Å². The molecule has 1 amide bonds. The molecule has 0 aliphatic carbocycles. The zero-order valence-electron chi connectivity index (χ0n) is 28.0. The molecule has 7 heteroatoms. The number of methoxy groups -OCH3 is 2. The van der Waals surface area contributed by atoms with E-state index in [1.54, 1.807) is 14.2 Å². The number of rotatable bonds is 17. The number of unbranched alkanes of at least 4 members (excludes halogenated alkanes) is 4. The number of carbonyl (C=O) groups excluding carboxylic acids is 1. The van der Waals surface area contributed by atoms with Crippen LogP contribution in [0.5, 0.6) is 11.5 Å². The monoisotopic (exact) mass is 626 g/mol. The largest absolute Gasteiger partial charge is 0.496 e. The van der Waals surface area contributed by atoms with Crippen LogP contribution in [0.2, 0.25) is 0 Å². The summed E-state index contributed by atoms with van der Waals surface area (Å²) in [5.74, 6) is 1.72. The summed E-state index contributed by atoms with van der Waals surface area (Å²) in [6, 6.07) is 27.0. The summed E-state index contributed by atoms with van der Waals surface area (Å²) in [7, 11) is 3.46. The molecule has 0 radical (unpaired) electrons. The first-order valence-electron chi connectivity index (χ1n) is 17.3. The van der Waals surface area contributed by atoms with Crippen LogP contribution in [0, 0.1) is 5.92 Å². The molecule has 0 unspecified atom stereocenters. The van der Waals surface area contributed by atoms with E-state index in [2.05, 4.69) is 39.4 Å². The Bertz CT molecular complexity index is 1280. The zero-order chi connectivity index (χ0) is 32.2. The fourth-order valence-electron chi connectivity index (χ4n) is 7.81. The van der Waals surface area contributed by atoms with Crippen molar-refractivity contribution < 1.29 is 14.3 Å². The Labute approximate surface area is 276 Å². The Morgan fingerprint density at radius 2 is 1.33 bits per heavy atom. The van der Waals surface area contributed by atoms with E-state index in [1.807, 2.05) is 54.6 Å². The summed E-state index contributed by atoms with van der Waals surface area (Å²) in [5, 5.41) is 3.82. The molecule has 3 N–H and O–H groups in total. The molecular weight excluding hydrogens is 572 g/mol. The van der Waals surface area contributed by atoms with Crippen molar-refractivity contribution >= 4 is 5.91 Å². The van der Waals surface area contributed by atoms with Crippen molar-refractivity contribution in [2.75, 3.05) is 53.5 Å². The number of nitrogens with zero attached hydrogens (tertiary/aromatic N) is 2. The summed E-state index contributed by atoms with van der Waals surface area (Å²) in [4.78, 5) is 18.4. The molecule has 3 aromatic carbocycles. The standard InChI is InChI=1S/C39H54N4O3/c1-45-36-19-14-20-37(46-2)35(36)30-43-27-22-34(23-28-43)41-24-12-4-3-5-13-25-42-26-21-33(29-42)39(38(40)44,31-15-8-6-9-16-31)32-17-10-7-11-18-32/h6-11,14-20,33-34,41H,3-5,12-13,21-30H2,1-2H3,(H2,40,44)/t33-/m1/s1. The van der Waals surface area contributed by atoms with Crippen molar-refractivity contribution in [3.8, 4) is 11.5 Å². The molecule has 0 aromatic heterocycles. The second-order valence-corrected chi connectivity index (χ2v) is 13.1. The molecule has 0 bridgehead atoms. The number of piperidine rings is 1. The van der Waals surface area contributed by atoms with Gasteiger partial charge in [-0.25, -0.2) is 0 Å². The van der Waals surface area contributed by atoms with E-state index in [-0.39, 0.29) is 11.8 Å². The second-order valence-electron chi connectivity index (χ2n) is 13.1. The van der Waals surface area contributed by atoms with Crippen LogP contribution < -0.4 is 20.5 Å². The summed E-state index contributed by atoms with van der Waals surface area (Å²) in [6.07, 6.45) is 9.58. The first-order valence-corrected chi connectivity index (χ1v) is 17.3. The van der Waals surface area contributed by atoms with E-state index in [9.17, 15) is 4.79 Å². The van der Waals surface area contributed by atoms with Crippen LogP contribution in [0.15, 0.2) is 78.9 Å². The van der Waals surface area contributed by atoms with Gasteiger partial charge in [0.1, 0.15) is 16.9 Å². The Hall–Kier alpha value is -3.39. The van der Waals surface area contributed by atoms with E-state index in [0.717, 1.165) is 80.4 Å². The average Bonchev–Trinajstić information content (AvgIpc) is 3.56. The van der Waals surface area contributed by atoms with Gasteiger partial charge in [0, 0.05) is 19.1 Å². The second kappa shape index (κ2) is 17.0. The molecule has 2 aliphatic heterocycles. The maximum atomic E-state index is 13.3. The molecule has 0 saturated carbocycles. The van der Waals surface area contributed by atoms with Gasteiger partial charge in [0.15, 0.2) is 0 Å². The Morgan fingerprint density at radius 3 is 1.91 bits per heavy atom. The third-order valence-electron chi connectivity index (χ3n) is 10.3. The Balaban J connectivity index is 0.982. The predicted octanol–water partition coefficient (Wildman–Crippen LogP) is 6.00. The lowest BCUT2D eigenvalue weighted by atomic mass is 9.64. The van der Waals surface area contributed by atoms with E-state index in [1.165, 1.54) is 44.9 Å². The lowest BCUT2D eigenvalue weighted by molar-refractivity contribution is -0.123. The number of ether oxygens (including phenoxy) is 2. The van der Waals surface area contributed by atoms with Crippen LogP contribution in [-0.2, 0) is 16.8 Å². The summed E-state index contributed by atoms with van der Waals surface area (Å²) in [5.41, 5.74) is 8.62. The Kier molecular flexibility index (Phi) is 12.5. The number of likely N-dealkylation sites (tertiary alicyclic amines) is 2. The predicted molar refractivity (Wildman–Crippen MR) is 186 cm³/mol. The van der Waals surface area contributed by atoms with Gasteiger partial charge in [-0.2, -0.15) is 0 Å².